The molecule has 0 unspecified atom stereocenters. The molecule has 1 N–H and O–H groups in total. The molecule has 1 heterocycles. The van der Waals surface area contributed by atoms with Crippen molar-refractivity contribution in [3.63, 3.8) is 0 Å². The average molecular weight is 212 g/mol. The summed E-state index contributed by atoms with van der Waals surface area (Å²) in [5, 5.41) is 1.53. The minimum Gasteiger partial charge on any atom is -0.317 e. The van der Waals surface area contributed by atoms with Crippen LogP contribution in [0, 0.1) is 5.92 Å². The largest absolute Gasteiger partial charge is 0.320 e. The lowest BCUT2D eigenvalue weighted by Crippen LogP contribution is -2.34. The maximum Gasteiger partial charge on any atom is 0.320 e. The first-order valence-corrected chi connectivity index (χ1v) is 4.68. The highest BCUT2D eigenvalue weighted by molar-refractivity contribution is 6.65. The summed E-state index contributed by atoms with van der Waals surface area (Å²) in [4.78, 5) is 10.3. The van der Waals surface area contributed by atoms with Gasteiger partial charge in [0, 0.05) is 6.42 Å². The number of hydrogen-bond acceptors (Lipinski definition) is 2. The Bertz CT molecular complexity index is 193. The fourth-order valence-electron chi connectivity index (χ4n) is 1.53. The first kappa shape index (κ1) is 10.9. The second kappa shape index (κ2) is 4.33. The summed E-state index contributed by atoms with van der Waals surface area (Å²) in [6, 6.07) is 0. The van der Waals surface area contributed by atoms with Crippen LogP contribution in [-0.4, -0.2) is 24.3 Å². The number of halogens is 3. The van der Waals surface area contributed by atoms with Crippen LogP contribution >= 0.6 is 11.6 Å². The molecule has 5 heteroatoms. The van der Waals surface area contributed by atoms with Crippen molar-refractivity contribution in [2.45, 2.75) is 25.2 Å². The molecule has 1 aliphatic heterocycles. The van der Waals surface area contributed by atoms with Crippen LogP contribution in [0.5, 0.6) is 0 Å². The summed E-state index contributed by atoms with van der Waals surface area (Å²) < 4.78 is 25.7. The van der Waals surface area contributed by atoms with E-state index in [2.05, 4.69) is 5.32 Å². The van der Waals surface area contributed by atoms with Crippen molar-refractivity contribution in [1.82, 2.24) is 5.32 Å². The van der Waals surface area contributed by atoms with E-state index in [1.54, 1.807) is 0 Å². The van der Waals surface area contributed by atoms with Crippen LogP contribution in [0.3, 0.4) is 0 Å². The third kappa shape index (κ3) is 3.19. The van der Waals surface area contributed by atoms with Gasteiger partial charge in [-0.05, 0) is 43.5 Å². The smallest absolute Gasteiger partial charge is 0.317 e. The summed E-state index contributed by atoms with van der Waals surface area (Å²) in [7, 11) is 0. The number of piperidine rings is 1. The molecule has 0 aromatic rings. The normalized spacial score (nSPS) is 20.2. The van der Waals surface area contributed by atoms with Gasteiger partial charge in [-0.2, -0.15) is 8.78 Å². The Balaban J connectivity index is 2.41. The fourth-order valence-corrected chi connectivity index (χ4v) is 1.61. The van der Waals surface area contributed by atoms with Crippen LogP contribution in [0.25, 0.3) is 0 Å². The third-order valence-electron chi connectivity index (χ3n) is 2.29. The number of nitrogens with one attached hydrogen (secondary N) is 1. The average Bonchev–Trinajstić information content (AvgIpc) is 2.05. The molecule has 1 rings (SSSR count). The molecule has 0 amide bonds. The summed E-state index contributed by atoms with van der Waals surface area (Å²) in [6.45, 7) is 1.49. The molecule has 1 aliphatic rings. The van der Waals surface area contributed by atoms with Crippen molar-refractivity contribution in [2.75, 3.05) is 13.1 Å². The summed E-state index contributed by atoms with van der Waals surface area (Å²) >= 11 is 4.78. The van der Waals surface area contributed by atoms with Gasteiger partial charge >= 0.3 is 5.92 Å². The maximum atomic E-state index is 12.8. The van der Waals surface area contributed by atoms with Crippen molar-refractivity contribution >= 4 is 16.8 Å². The van der Waals surface area contributed by atoms with E-state index in [4.69, 9.17) is 11.6 Å². The van der Waals surface area contributed by atoms with Gasteiger partial charge in [-0.1, -0.05) is 0 Å². The molecule has 1 fully saturated rings. The zero-order valence-corrected chi connectivity index (χ0v) is 7.91. The van der Waals surface area contributed by atoms with Crippen LogP contribution < -0.4 is 5.32 Å². The van der Waals surface area contributed by atoms with Gasteiger partial charge in [-0.15, -0.1) is 0 Å². The van der Waals surface area contributed by atoms with E-state index in [0.717, 1.165) is 13.1 Å². The van der Waals surface area contributed by atoms with Gasteiger partial charge in [-0.3, -0.25) is 4.79 Å². The molecular formula is C8H12ClF2NO. The first-order chi connectivity index (χ1) is 6.02. The van der Waals surface area contributed by atoms with E-state index in [9.17, 15) is 13.6 Å². The lowest BCUT2D eigenvalue weighted by Gasteiger charge is -2.24. The van der Waals surface area contributed by atoms with Crippen LogP contribution in [-0.2, 0) is 4.79 Å². The highest BCUT2D eigenvalue weighted by Crippen LogP contribution is 2.30. The highest BCUT2D eigenvalue weighted by atomic mass is 35.5. The number of carbonyl (C=O) groups is 1. The van der Waals surface area contributed by atoms with Gasteiger partial charge in [0.25, 0.3) is 5.24 Å². The molecule has 0 bridgehead atoms. The molecule has 13 heavy (non-hydrogen) atoms. The number of alkyl halides is 2. The molecule has 2 nitrogen and oxygen atoms in total. The Morgan fingerprint density at radius 1 is 1.46 bits per heavy atom. The fraction of sp³-hybridized carbons (Fsp3) is 0.875. The lowest BCUT2D eigenvalue weighted by molar-refractivity contribution is -0.136. The van der Waals surface area contributed by atoms with Gasteiger partial charge in [0.2, 0.25) is 0 Å². The molecule has 76 valence electrons. The van der Waals surface area contributed by atoms with Crippen LogP contribution in [0.4, 0.5) is 8.78 Å². The molecule has 0 saturated carbocycles. The Morgan fingerprint density at radius 3 is 2.46 bits per heavy atom. The van der Waals surface area contributed by atoms with Crippen molar-refractivity contribution < 1.29 is 13.6 Å². The van der Waals surface area contributed by atoms with Crippen molar-refractivity contribution in [2.24, 2.45) is 5.92 Å². The van der Waals surface area contributed by atoms with Gasteiger partial charge in [0.15, 0.2) is 0 Å². The zero-order chi connectivity index (χ0) is 9.90. The highest BCUT2D eigenvalue weighted by Gasteiger charge is 2.39. The predicted octanol–water partition coefficient (Wildman–Crippen LogP) is 1.78. The lowest BCUT2D eigenvalue weighted by atomic mass is 9.92. The van der Waals surface area contributed by atoms with E-state index < -0.39 is 17.6 Å². The van der Waals surface area contributed by atoms with E-state index in [1.807, 2.05) is 0 Å². The summed E-state index contributed by atoms with van der Waals surface area (Å²) in [6.07, 6.45) is 0.983. The Labute approximate surface area is 80.6 Å². The molecular weight excluding hydrogens is 200 g/mol. The van der Waals surface area contributed by atoms with Gasteiger partial charge in [0.05, 0.1) is 0 Å². The SMILES string of the molecule is O=C(Cl)C(F)(F)CC1CCNCC1. The molecule has 0 aliphatic carbocycles. The molecule has 0 radical (unpaired) electrons. The van der Waals surface area contributed by atoms with Crippen LogP contribution in [0.15, 0.2) is 0 Å². The third-order valence-corrected chi connectivity index (χ3v) is 2.57. The molecule has 1 saturated heterocycles. The van der Waals surface area contributed by atoms with E-state index in [-0.39, 0.29) is 5.92 Å². The standard InChI is InChI=1S/C8H12ClF2NO/c9-7(13)8(10,11)5-6-1-3-12-4-2-6/h6,12H,1-5H2. The summed E-state index contributed by atoms with van der Waals surface area (Å²) in [5.74, 6) is -3.43. The molecule has 0 spiro atoms. The van der Waals surface area contributed by atoms with Crippen molar-refractivity contribution in [3.05, 3.63) is 0 Å². The van der Waals surface area contributed by atoms with E-state index >= 15 is 0 Å². The van der Waals surface area contributed by atoms with Gasteiger partial charge in [0.1, 0.15) is 0 Å². The number of carbonyl (C=O) groups excluding carboxylic acids is 1. The monoisotopic (exact) mass is 211 g/mol. The topological polar surface area (TPSA) is 29.1 Å². The van der Waals surface area contributed by atoms with Gasteiger partial charge in [-0.25, -0.2) is 0 Å². The minimum atomic E-state index is -3.34. The molecule has 0 aromatic heterocycles. The van der Waals surface area contributed by atoms with Crippen LogP contribution in [0.1, 0.15) is 19.3 Å². The minimum absolute atomic E-state index is 0.0843. The molecule has 0 aromatic carbocycles. The number of hydrogen-bond donors (Lipinski definition) is 1. The van der Waals surface area contributed by atoms with E-state index in [0.29, 0.717) is 12.8 Å². The molecule has 0 atom stereocenters. The van der Waals surface area contributed by atoms with Crippen LogP contribution in [0.2, 0.25) is 0 Å². The Kier molecular flexibility index (Phi) is 3.62. The maximum absolute atomic E-state index is 12.8. The second-order valence-electron chi connectivity index (χ2n) is 3.38. The van der Waals surface area contributed by atoms with E-state index in [1.165, 1.54) is 0 Å². The predicted molar refractivity (Wildman–Crippen MR) is 46.0 cm³/mol. The number of rotatable bonds is 3. The van der Waals surface area contributed by atoms with Gasteiger partial charge < -0.3 is 5.32 Å². The Hall–Kier alpha value is -0.220. The van der Waals surface area contributed by atoms with Crippen molar-refractivity contribution in [3.8, 4) is 0 Å². The Morgan fingerprint density at radius 2 is 2.00 bits per heavy atom. The summed E-state index contributed by atoms with van der Waals surface area (Å²) in [5.41, 5.74) is 0. The second-order valence-corrected chi connectivity index (χ2v) is 3.72. The first-order valence-electron chi connectivity index (χ1n) is 4.31. The van der Waals surface area contributed by atoms with Crippen molar-refractivity contribution in [1.29, 1.82) is 0 Å². The quantitative estimate of drug-likeness (QED) is 0.721. The zero-order valence-electron chi connectivity index (χ0n) is 7.16.